The predicted molar refractivity (Wildman–Crippen MR) is 73.5 cm³/mol. The minimum absolute atomic E-state index is 0.159. The molecule has 0 bridgehead atoms. The maximum Gasteiger partial charge on any atom is 0.200 e. The fraction of sp³-hybridized carbons (Fsp3) is 0.0714. The van der Waals surface area contributed by atoms with Crippen molar-refractivity contribution in [1.82, 2.24) is 14.6 Å². The molecular formula is C14H10FN3OS. The molecule has 0 N–H and O–H groups in total. The fourth-order valence-electron chi connectivity index (χ4n) is 1.79. The van der Waals surface area contributed by atoms with Gasteiger partial charge in [0, 0.05) is 11.8 Å². The lowest BCUT2D eigenvalue weighted by molar-refractivity contribution is 0.101. The Morgan fingerprint density at radius 3 is 2.85 bits per heavy atom. The smallest absolute Gasteiger partial charge is 0.200 e. The number of hydrogen-bond donors (Lipinski definition) is 0. The van der Waals surface area contributed by atoms with E-state index in [1.807, 2.05) is 24.4 Å². The van der Waals surface area contributed by atoms with Gasteiger partial charge in [0.25, 0.3) is 0 Å². The number of hydrogen-bond acceptors (Lipinski definition) is 4. The molecule has 4 nitrogen and oxygen atoms in total. The molecule has 0 aliphatic rings. The average Bonchev–Trinajstić information content (AvgIpc) is 2.84. The van der Waals surface area contributed by atoms with Crippen LogP contribution in [-0.2, 0) is 0 Å². The number of pyridine rings is 1. The van der Waals surface area contributed by atoms with Crippen molar-refractivity contribution in [3.8, 4) is 0 Å². The fourth-order valence-corrected chi connectivity index (χ4v) is 2.61. The zero-order valence-corrected chi connectivity index (χ0v) is 11.4. The first kappa shape index (κ1) is 12.8. The number of nitrogens with zero attached hydrogens (tertiary/aromatic N) is 3. The summed E-state index contributed by atoms with van der Waals surface area (Å²) >= 11 is 1.17. The number of fused-ring (bicyclic) bond motifs is 1. The van der Waals surface area contributed by atoms with E-state index in [0.717, 1.165) is 0 Å². The van der Waals surface area contributed by atoms with Gasteiger partial charge < -0.3 is 0 Å². The molecule has 0 aliphatic carbocycles. The molecular weight excluding hydrogens is 277 g/mol. The van der Waals surface area contributed by atoms with E-state index in [9.17, 15) is 9.18 Å². The third kappa shape index (κ3) is 2.30. The Kier molecular flexibility index (Phi) is 3.23. The van der Waals surface area contributed by atoms with Crippen LogP contribution in [0.1, 0.15) is 17.3 Å². The van der Waals surface area contributed by atoms with Crippen molar-refractivity contribution in [2.75, 3.05) is 0 Å². The zero-order chi connectivity index (χ0) is 14.1. The predicted octanol–water partition coefficient (Wildman–Crippen LogP) is 3.22. The normalized spacial score (nSPS) is 10.9. The highest BCUT2D eigenvalue weighted by Crippen LogP contribution is 2.29. The number of carbonyl (C=O) groups excluding carboxylic acids is 1. The number of aromatic nitrogens is 3. The van der Waals surface area contributed by atoms with Crippen LogP contribution in [0.3, 0.4) is 0 Å². The van der Waals surface area contributed by atoms with Crippen LogP contribution >= 0.6 is 11.8 Å². The van der Waals surface area contributed by atoms with Gasteiger partial charge in [0.2, 0.25) is 5.16 Å². The van der Waals surface area contributed by atoms with Gasteiger partial charge in [-0.15, -0.1) is 10.2 Å². The largest absolute Gasteiger partial charge is 0.295 e. The minimum Gasteiger partial charge on any atom is -0.295 e. The van der Waals surface area contributed by atoms with Gasteiger partial charge in [0.1, 0.15) is 5.82 Å². The third-order valence-electron chi connectivity index (χ3n) is 2.82. The van der Waals surface area contributed by atoms with Gasteiger partial charge in [0.15, 0.2) is 11.4 Å². The first-order valence-electron chi connectivity index (χ1n) is 5.93. The SMILES string of the molecule is CC(=O)c1ccc(Sc2nnc3ccccn23)c(F)c1. The molecule has 1 aromatic carbocycles. The summed E-state index contributed by atoms with van der Waals surface area (Å²) in [6.07, 6.45) is 1.82. The van der Waals surface area contributed by atoms with Crippen LogP contribution in [0.2, 0.25) is 0 Å². The highest BCUT2D eigenvalue weighted by atomic mass is 32.2. The Hall–Kier alpha value is -2.21. The van der Waals surface area contributed by atoms with E-state index in [2.05, 4.69) is 10.2 Å². The van der Waals surface area contributed by atoms with E-state index in [1.54, 1.807) is 16.5 Å². The van der Waals surface area contributed by atoms with Crippen molar-refractivity contribution in [3.05, 3.63) is 54.0 Å². The van der Waals surface area contributed by atoms with Crippen LogP contribution in [-0.4, -0.2) is 20.4 Å². The number of carbonyl (C=O) groups is 1. The monoisotopic (exact) mass is 287 g/mol. The number of halogens is 1. The molecule has 100 valence electrons. The standard InChI is InChI=1S/C14H10FN3OS/c1-9(19)10-5-6-12(11(15)8-10)20-14-17-16-13-4-2-3-7-18(13)14/h2-8H,1H3. The Bertz CT molecular complexity index is 800. The number of benzene rings is 1. The van der Waals surface area contributed by atoms with Gasteiger partial charge in [-0.25, -0.2) is 4.39 Å². The van der Waals surface area contributed by atoms with Crippen LogP contribution in [0, 0.1) is 5.82 Å². The molecule has 0 spiro atoms. The Morgan fingerprint density at radius 1 is 1.25 bits per heavy atom. The first-order chi connectivity index (χ1) is 9.65. The van der Waals surface area contributed by atoms with Crippen molar-refractivity contribution in [2.24, 2.45) is 0 Å². The van der Waals surface area contributed by atoms with Crippen LogP contribution in [0.4, 0.5) is 4.39 Å². The van der Waals surface area contributed by atoms with Crippen molar-refractivity contribution in [2.45, 2.75) is 17.0 Å². The Morgan fingerprint density at radius 2 is 2.10 bits per heavy atom. The molecule has 0 radical (unpaired) electrons. The summed E-state index contributed by atoms with van der Waals surface area (Å²) < 4.78 is 15.8. The molecule has 0 saturated heterocycles. The molecule has 2 heterocycles. The van der Waals surface area contributed by atoms with Crippen LogP contribution in [0.25, 0.3) is 5.65 Å². The minimum atomic E-state index is -0.435. The Labute approximate surface area is 118 Å². The van der Waals surface area contributed by atoms with Gasteiger partial charge >= 0.3 is 0 Å². The zero-order valence-electron chi connectivity index (χ0n) is 10.6. The summed E-state index contributed by atoms with van der Waals surface area (Å²) in [6.45, 7) is 1.41. The molecule has 3 rings (SSSR count). The summed E-state index contributed by atoms with van der Waals surface area (Å²) in [5.41, 5.74) is 1.06. The van der Waals surface area contributed by atoms with Crippen molar-refractivity contribution >= 4 is 23.2 Å². The van der Waals surface area contributed by atoms with Gasteiger partial charge in [-0.05, 0) is 43.0 Å². The van der Waals surface area contributed by atoms with E-state index in [1.165, 1.54) is 24.8 Å². The van der Waals surface area contributed by atoms with Gasteiger partial charge in [-0.3, -0.25) is 9.20 Å². The summed E-state index contributed by atoms with van der Waals surface area (Å²) in [7, 11) is 0. The summed E-state index contributed by atoms with van der Waals surface area (Å²) in [6, 6.07) is 9.98. The Balaban J connectivity index is 1.97. The van der Waals surface area contributed by atoms with Crippen LogP contribution in [0.15, 0.2) is 52.6 Å². The first-order valence-corrected chi connectivity index (χ1v) is 6.75. The molecule has 6 heteroatoms. The van der Waals surface area contributed by atoms with E-state index >= 15 is 0 Å². The van der Waals surface area contributed by atoms with Gasteiger partial charge in [0.05, 0.1) is 4.90 Å². The molecule has 0 aliphatic heterocycles. The molecule has 0 unspecified atom stereocenters. The van der Waals surface area contributed by atoms with Crippen LogP contribution in [0.5, 0.6) is 0 Å². The number of ketones is 1. The summed E-state index contributed by atoms with van der Waals surface area (Å²) in [5, 5.41) is 8.62. The summed E-state index contributed by atoms with van der Waals surface area (Å²) in [5.74, 6) is -0.594. The molecule has 20 heavy (non-hydrogen) atoms. The van der Waals surface area contributed by atoms with Gasteiger partial charge in [-0.1, -0.05) is 12.1 Å². The highest BCUT2D eigenvalue weighted by molar-refractivity contribution is 7.99. The molecule has 3 aromatic rings. The second-order valence-corrected chi connectivity index (χ2v) is 5.22. The maximum absolute atomic E-state index is 14.0. The maximum atomic E-state index is 14.0. The van der Waals surface area contributed by atoms with Crippen LogP contribution < -0.4 is 0 Å². The average molecular weight is 287 g/mol. The molecule has 0 amide bonds. The van der Waals surface area contributed by atoms with E-state index in [-0.39, 0.29) is 5.78 Å². The molecule has 0 saturated carbocycles. The lowest BCUT2D eigenvalue weighted by Crippen LogP contribution is -1.94. The number of rotatable bonds is 3. The molecule has 0 atom stereocenters. The second-order valence-electron chi connectivity index (χ2n) is 4.21. The van der Waals surface area contributed by atoms with Crippen molar-refractivity contribution in [3.63, 3.8) is 0 Å². The van der Waals surface area contributed by atoms with Crippen molar-refractivity contribution in [1.29, 1.82) is 0 Å². The van der Waals surface area contributed by atoms with E-state index in [0.29, 0.717) is 21.3 Å². The van der Waals surface area contributed by atoms with E-state index in [4.69, 9.17) is 0 Å². The lowest BCUT2D eigenvalue weighted by Gasteiger charge is -2.03. The lowest BCUT2D eigenvalue weighted by atomic mass is 10.1. The van der Waals surface area contributed by atoms with E-state index < -0.39 is 5.82 Å². The third-order valence-corrected chi connectivity index (χ3v) is 3.83. The second kappa shape index (κ2) is 5.05. The number of Topliss-reactive ketones (excluding diaryl/α,β-unsaturated/α-hetero) is 1. The topological polar surface area (TPSA) is 47.3 Å². The quantitative estimate of drug-likeness (QED) is 0.694. The van der Waals surface area contributed by atoms with Gasteiger partial charge in [-0.2, -0.15) is 0 Å². The molecule has 0 fully saturated rings. The summed E-state index contributed by atoms with van der Waals surface area (Å²) in [4.78, 5) is 11.6. The highest BCUT2D eigenvalue weighted by Gasteiger charge is 2.11. The molecule has 2 aromatic heterocycles. The van der Waals surface area contributed by atoms with Crippen molar-refractivity contribution < 1.29 is 9.18 Å².